The van der Waals surface area contributed by atoms with Crippen molar-refractivity contribution in [3.63, 3.8) is 0 Å². The molecule has 0 spiro atoms. The molecule has 0 heterocycles. The third-order valence-corrected chi connectivity index (χ3v) is 20.4. The van der Waals surface area contributed by atoms with Gasteiger partial charge in [-0.2, -0.15) is 0 Å². The summed E-state index contributed by atoms with van der Waals surface area (Å²) in [4.78, 5) is 14.2. The second-order valence-corrected chi connectivity index (χ2v) is 25.1. The van der Waals surface area contributed by atoms with Crippen LogP contribution in [0.2, 0.25) is 0 Å². The summed E-state index contributed by atoms with van der Waals surface area (Å²) in [5.41, 5.74) is 0. The van der Waals surface area contributed by atoms with E-state index in [2.05, 4.69) is 96.9 Å². The minimum atomic E-state index is -2.01. The fraction of sp³-hybridized carbons (Fsp3) is 0.581. The summed E-state index contributed by atoms with van der Waals surface area (Å²) in [7, 11) is 0. The van der Waals surface area contributed by atoms with Crippen molar-refractivity contribution in [2.45, 2.75) is 98.8 Å². The van der Waals surface area contributed by atoms with Gasteiger partial charge in [0.15, 0.2) is 0 Å². The average molecular weight is 628 g/mol. The van der Waals surface area contributed by atoms with Gasteiger partial charge in [-0.25, -0.2) is 0 Å². The van der Waals surface area contributed by atoms with Gasteiger partial charge in [0.25, 0.3) is 0 Å². The SMILES string of the molecule is CCCCP(Br)(CCCC)(CCCC)CCCC(CCC(=O)O)(Sc1ccccc1)Sc1ccccc1. The number of carboxylic acids is 1. The zero-order chi connectivity index (χ0) is 27.1. The van der Waals surface area contributed by atoms with Crippen LogP contribution >= 0.6 is 44.3 Å². The number of carboxylic acid groups (broad SMARTS) is 1. The summed E-state index contributed by atoms with van der Waals surface area (Å²) in [5.74, 6) is -0.708. The summed E-state index contributed by atoms with van der Waals surface area (Å²) < 4.78 is -0.219. The molecule has 2 nitrogen and oxygen atoms in total. The Morgan fingerprint density at radius 3 is 1.51 bits per heavy atom. The number of unbranched alkanes of at least 4 members (excludes halogenated alkanes) is 3. The molecule has 0 aromatic heterocycles. The van der Waals surface area contributed by atoms with E-state index in [0.717, 1.165) is 12.8 Å². The van der Waals surface area contributed by atoms with Gasteiger partial charge in [-0.15, -0.1) is 0 Å². The zero-order valence-electron chi connectivity index (χ0n) is 23.2. The molecule has 0 bridgehead atoms. The van der Waals surface area contributed by atoms with Crippen molar-refractivity contribution in [3.05, 3.63) is 60.7 Å². The van der Waals surface area contributed by atoms with E-state index < -0.39 is 11.3 Å². The van der Waals surface area contributed by atoms with Crippen LogP contribution in [-0.4, -0.2) is 39.8 Å². The van der Waals surface area contributed by atoms with Gasteiger partial charge < -0.3 is 0 Å². The van der Waals surface area contributed by atoms with Gasteiger partial charge in [0.1, 0.15) is 0 Å². The number of hydrogen-bond donors (Lipinski definition) is 1. The van der Waals surface area contributed by atoms with Crippen molar-refractivity contribution in [1.82, 2.24) is 0 Å². The number of rotatable bonds is 20. The zero-order valence-corrected chi connectivity index (χ0v) is 27.3. The van der Waals surface area contributed by atoms with Crippen LogP contribution in [0.5, 0.6) is 0 Å². The van der Waals surface area contributed by atoms with Gasteiger partial charge in [-0.3, -0.25) is 0 Å². The van der Waals surface area contributed by atoms with Crippen LogP contribution in [0.4, 0.5) is 0 Å². The van der Waals surface area contributed by atoms with Gasteiger partial charge in [0.05, 0.1) is 0 Å². The predicted molar refractivity (Wildman–Crippen MR) is 173 cm³/mol. The molecule has 0 atom stereocenters. The first-order chi connectivity index (χ1) is 17.8. The van der Waals surface area contributed by atoms with Gasteiger partial charge in [-0.05, 0) is 0 Å². The van der Waals surface area contributed by atoms with Crippen LogP contribution in [0.25, 0.3) is 0 Å². The molecule has 0 unspecified atom stereocenters. The standard InChI is InChI=1S/C31H48BrO2PS2/c1-4-7-24-35(32,25-8-5-2,26-9-6-3)27-16-22-31(23-21-30(33)34,36-28-17-12-10-13-18-28)37-29-19-14-11-15-20-29/h10-15,17-20H,4-9,16,21-27H2,1-3H3,(H,33,34). The van der Waals surface area contributed by atoms with Crippen LogP contribution in [0.3, 0.4) is 0 Å². The second-order valence-electron chi connectivity index (χ2n) is 10.5. The minimum absolute atomic E-state index is 0.194. The van der Waals surface area contributed by atoms with E-state index in [1.807, 2.05) is 23.5 Å². The molecule has 0 amide bonds. The monoisotopic (exact) mass is 626 g/mol. The third kappa shape index (κ3) is 11.7. The Morgan fingerprint density at radius 2 is 1.14 bits per heavy atom. The number of thioether (sulfide) groups is 2. The Labute approximate surface area is 243 Å². The molecule has 37 heavy (non-hydrogen) atoms. The molecule has 0 aliphatic heterocycles. The summed E-state index contributed by atoms with van der Waals surface area (Å²) >= 11 is 8.33. The number of halogens is 1. The molecule has 0 radical (unpaired) electrons. The quantitative estimate of drug-likeness (QED) is 0.0900. The predicted octanol–water partition coefficient (Wildman–Crippen LogP) is 11.2. The molecule has 1 N–H and O–H groups in total. The molecule has 2 aromatic rings. The Hall–Kier alpha value is -0.480. The van der Waals surface area contributed by atoms with Crippen molar-refractivity contribution >= 4 is 50.3 Å². The summed E-state index contributed by atoms with van der Waals surface area (Å²) in [5, 5.41) is 7.67. The summed E-state index contributed by atoms with van der Waals surface area (Å²) in [6.45, 7) is 6.95. The molecular formula is C31H48BrO2PS2. The Bertz CT molecular complexity index is 844. The van der Waals surface area contributed by atoms with Crippen molar-refractivity contribution in [3.8, 4) is 0 Å². The number of benzene rings is 2. The third-order valence-electron chi connectivity index (χ3n) is 7.30. The first-order valence-corrected chi connectivity index (χ1v) is 20.8. The average Bonchev–Trinajstić information content (AvgIpc) is 2.90. The number of carbonyl (C=O) groups is 1. The molecule has 0 fully saturated rings. The molecule has 2 rings (SSSR count). The normalized spacial score (nSPS) is 13.2. The molecule has 0 aliphatic rings. The van der Waals surface area contributed by atoms with Crippen molar-refractivity contribution in [1.29, 1.82) is 0 Å². The summed E-state index contributed by atoms with van der Waals surface area (Å²) in [6, 6.07) is 21.1. The van der Waals surface area contributed by atoms with Crippen LogP contribution in [0.1, 0.15) is 85.0 Å². The van der Waals surface area contributed by atoms with Crippen LogP contribution in [0.15, 0.2) is 70.5 Å². The Balaban J connectivity index is 2.38. The molecular weight excluding hydrogens is 579 g/mol. The van der Waals surface area contributed by atoms with E-state index in [1.165, 1.54) is 73.0 Å². The molecule has 0 aliphatic carbocycles. The molecule has 2 aromatic carbocycles. The van der Waals surface area contributed by atoms with Crippen molar-refractivity contribution in [2.75, 3.05) is 24.6 Å². The number of aliphatic carboxylic acids is 1. The molecule has 6 heteroatoms. The number of hydrogen-bond acceptors (Lipinski definition) is 3. The Morgan fingerprint density at radius 1 is 0.730 bits per heavy atom. The van der Waals surface area contributed by atoms with Gasteiger partial charge in [-0.1, -0.05) is 0 Å². The van der Waals surface area contributed by atoms with E-state index >= 15 is 0 Å². The fourth-order valence-corrected chi connectivity index (χ4v) is 16.8. The van der Waals surface area contributed by atoms with E-state index in [1.54, 1.807) is 0 Å². The summed E-state index contributed by atoms with van der Waals surface area (Å²) in [6.07, 6.45) is 16.0. The Kier molecular flexibility index (Phi) is 14.7. The molecule has 0 saturated heterocycles. The first kappa shape index (κ1) is 32.7. The van der Waals surface area contributed by atoms with E-state index in [0.29, 0.717) is 6.42 Å². The van der Waals surface area contributed by atoms with Crippen LogP contribution in [0, 0.1) is 0 Å². The van der Waals surface area contributed by atoms with Crippen LogP contribution < -0.4 is 0 Å². The molecule has 0 saturated carbocycles. The topological polar surface area (TPSA) is 37.3 Å². The second kappa shape index (κ2) is 16.6. The van der Waals surface area contributed by atoms with Crippen molar-refractivity contribution in [2.24, 2.45) is 0 Å². The van der Waals surface area contributed by atoms with Crippen LogP contribution in [-0.2, 0) is 4.79 Å². The maximum atomic E-state index is 11.8. The van der Waals surface area contributed by atoms with Crippen molar-refractivity contribution < 1.29 is 9.90 Å². The molecule has 208 valence electrons. The van der Waals surface area contributed by atoms with Gasteiger partial charge in [0, 0.05) is 0 Å². The van der Waals surface area contributed by atoms with Gasteiger partial charge in [0.2, 0.25) is 0 Å². The van der Waals surface area contributed by atoms with Gasteiger partial charge >= 0.3 is 244 Å². The van der Waals surface area contributed by atoms with E-state index in [-0.39, 0.29) is 10.5 Å². The van der Waals surface area contributed by atoms with E-state index in [9.17, 15) is 9.90 Å². The maximum absolute atomic E-state index is 11.8. The fourth-order valence-electron chi connectivity index (χ4n) is 5.13. The van der Waals surface area contributed by atoms with E-state index in [4.69, 9.17) is 0 Å². The first-order valence-electron chi connectivity index (χ1n) is 14.2.